The van der Waals surface area contributed by atoms with Crippen molar-refractivity contribution in [2.75, 3.05) is 31.1 Å². The minimum absolute atomic E-state index is 0.103. The second-order valence-electron chi connectivity index (χ2n) is 8.41. The van der Waals surface area contributed by atoms with E-state index in [0.717, 1.165) is 42.5 Å². The molecule has 4 amide bonds. The van der Waals surface area contributed by atoms with E-state index in [-0.39, 0.29) is 18.7 Å². The van der Waals surface area contributed by atoms with E-state index in [0.29, 0.717) is 22.8 Å². The number of nitrogens with zero attached hydrogens (tertiary/aromatic N) is 4. The van der Waals surface area contributed by atoms with Crippen LogP contribution in [0.5, 0.6) is 0 Å². The van der Waals surface area contributed by atoms with Crippen LogP contribution in [0.4, 0.5) is 5.82 Å². The molecule has 9 nitrogen and oxygen atoms in total. The maximum absolute atomic E-state index is 13.0. The number of hydrogen-bond acceptors (Lipinski definition) is 7. The Morgan fingerprint density at radius 1 is 0.970 bits per heavy atom. The molecule has 5 rings (SSSR count). The number of benzene rings is 1. The molecule has 1 atom stereocenters. The summed E-state index contributed by atoms with van der Waals surface area (Å²) in [5, 5.41) is 2.68. The summed E-state index contributed by atoms with van der Waals surface area (Å²) >= 11 is 6.00. The third-order valence-electron chi connectivity index (χ3n) is 6.31. The first-order valence-corrected chi connectivity index (χ1v) is 11.2. The number of anilines is 1. The number of piperazine rings is 1. The molecule has 1 aromatic carbocycles. The van der Waals surface area contributed by atoms with Gasteiger partial charge in [-0.1, -0.05) is 23.7 Å². The van der Waals surface area contributed by atoms with Gasteiger partial charge in [-0.3, -0.25) is 34.3 Å². The number of amides is 4. The summed E-state index contributed by atoms with van der Waals surface area (Å²) in [6.07, 6.45) is 0.250. The van der Waals surface area contributed by atoms with Crippen LogP contribution in [0.25, 0.3) is 0 Å². The Bertz CT molecular complexity index is 1160. The van der Waals surface area contributed by atoms with Gasteiger partial charge in [0.1, 0.15) is 17.0 Å². The van der Waals surface area contributed by atoms with E-state index in [2.05, 4.69) is 20.1 Å². The Kier molecular flexibility index (Phi) is 5.59. The molecule has 3 aliphatic rings. The molecule has 0 radical (unpaired) electrons. The lowest BCUT2D eigenvalue weighted by Crippen LogP contribution is -2.54. The molecule has 2 fully saturated rings. The Morgan fingerprint density at radius 3 is 2.45 bits per heavy atom. The van der Waals surface area contributed by atoms with Crippen LogP contribution in [-0.2, 0) is 16.1 Å². The van der Waals surface area contributed by atoms with E-state index in [4.69, 9.17) is 11.6 Å². The van der Waals surface area contributed by atoms with E-state index < -0.39 is 23.8 Å². The molecule has 2 aromatic rings. The molecular formula is C23H22ClN5O4. The van der Waals surface area contributed by atoms with Gasteiger partial charge in [-0.15, -0.1) is 0 Å². The van der Waals surface area contributed by atoms with Crippen molar-refractivity contribution < 1.29 is 19.2 Å². The zero-order chi connectivity index (χ0) is 23.1. The number of carbonyl (C=O) groups is 4. The van der Waals surface area contributed by atoms with E-state index in [9.17, 15) is 19.2 Å². The van der Waals surface area contributed by atoms with E-state index in [1.54, 1.807) is 18.2 Å². The summed E-state index contributed by atoms with van der Waals surface area (Å²) in [4.78, 5) is 59.3. The van der Waals surface area contributed by atoms with Gasteiger partial charge in [-0.25, -0.2) is 4.98 Å². The highest BCUT2D eigenvalue weighted by molar-refractivity contribution is 6.29. The third kappa shape index (κ3) is 4.09. The molecular weight excluding hydrogens is 446 g/mol. The Morgan fingerprint density at radius 2 is 1.73 bits per heavy atom. The molecule has 2 saturated heterocycles. The number of imide groups is 2. The lowest BCUT2D eigenvalue weighted by atomic mass is 10.0. The zero-order valence-corrected chi connectivity index (χ0v) is 18.5. The monoisotopic (exact) mass is 467 g/mol. The predicted octanol–water partition coefficient (Wildman–Crippen LogP) is 1.46. The number of hydrogen-bond donors (Lipinski definition) is 1. The molecule has 0 bridgehead atoms. The SMILES string of the molecule is O=C1CCC(N2C(=O)c3ccc(CN4CCN(c5cccc(Cl)n5)CC4)cc3C2=O)C(=O)N1. The highest BCUT2D eigenvalue weighted by Crippen LogP contribution is 2.29. The summed E-state index contributed by atoms with van der Waals surface area (Å²) < 4.78 is 0. The van der Waals surface area contributed by atoms with E-state index in [1.807, 2.05) is 18.2 Å². The van der Waals surface area contributed by atoms with Crippen LogP contribution in [0.3, 0.4) is 0 Å². The van der Waals surface area contributed by atoms with Gasteiger partial charge >= 0.3 is 0 Å². The number of nitrogens with one attached hydrogen (secondary N) is 1. The van der Waals surface area contributed by atoms with Gasteiger partial charge in [-0.05, 0) is 36.2 Å². The molecule has 0 aliphatic carbocycles. The van der Waals surface area contributed by atoms with Crippen LogP contribution in [-0.4, -0.2) is 70.6 Å². The largest absolute Gasteiger partial charge is 0.354 e. The topological polar surface area (TPSA) is 103 Å². The normalized spacial score (nSPS) is 21.4. The summed E-state index contributed by atoms with van der Waals surface area (Å²) in [7, 11) is 0. The quantitative estimate of drug-likeness (QED) is 0.536. The molecule has 1 N–H and O–H groups in total. The highest BCUT2D eigenvalue weighted by Gasteiger charge is 2.44. The van der Waals surface area contributed by atoms with Gasteiger partial charge in [0.25, 0.3) is 11.8 Å². The minimum atomic E-state index is -0.952. The average Bonchev–Trinajstić information content (AvgIpc) is 3.04. The molecule has 1 aromatic heterocycles. The van der Waals surface area contributed by atoms with Crippen molar-refractivity contribution in [3.8, 4) is 0 Å². The fraction of sp³-hybridized carbons (Fsp3) is 0.348. The van der Waals surface area contributed by atoms with Crippen molar-refractivity contribution in [1.82, 2.24) is 20.1 Å². The third-order valence-corrected chi connectivity index (χ3v) is 6.52. The van der Waals surface area contributed by atoms with Crippen LogP contribution < -0.4 is 10.2 Å². The van der Waals surface area contributed by atoms with Crippen molar-refractivity contribution in [2.24, 2.45) is 0 Å². The molecule has 1 unspecified atom stereocenters. The average molecular weight is 468 g/mol. The molecule has 10 heteroatoms. The molecule has 0 spiro atoms. The summed E-state index contributed by atoms with van der Waals surface area (Å²) in [5.74, 6) is -1.10. The van der Waals surface area contributed by atoms with Gasteiger partial charge in [0, 0.05) is 39.1 Å². The smallest absolute Gasteiger partial charge is 0.262 e. The van der Waals surface area contributed by atoms with Crippen LogP contribution in [0.15, 0.2) is 36.4 Å². The first kappa shape index (κ1) is 21.5. The van der Waals surface area contributed by atoms with Gasteiger partial charge in [0.05, 0.1) is 11.1 Å². The molecule has 0 saturated carbocycles. The molecule has 4 heterocycles. The number of halogens is 1. The van der Waals surface area contributed by atoms with Crippen molar-refractivity contribution in [1.29, 1.82) is 0 Å². The van der Waals surface area contributed by atoms with Crippen molar-refractivity contribution >= 4 is 41.0 Å². The Balaban J connectivity index is 1.26. The number of pyridine rings is 1. The number of piperidine rings is 1. The Hall–Kier alpha value is -3.30. The van der Waals surface area contributed by atoms with Crippen molar-refractivity contribution in [3.63, 3.8) is 0 Å². The molecule has 170 valence electrons. The second-order valence-corrected chi connectivity index (χ2v) is 8.80. The highest BCUT2D eigenvalue weighted by atomic mass is 35.5. The summed E-state index contributed by atoms with van der Waals surface area (Å²) in [6.45, 7) is 3.89. The molecule has 33 heavy (non-hydrogen) atoms. The van der Waals surface area contributed by atoms with Gasteiger partial charge in [0.2, 0.25) is 11.8 Å². The first-order chi connectivity index (χ1) is 15.9. The van der Waals surface area contributed by atoms with E-state index >= 15 is 0 Å². The Labute approximate surface area is 195 Å². The number of fused-ring (bicyclic) bond motifs is 1. The van der Waals surface area contributed by atoms with Gasteiger partial charge < -0.3 is 4.90 Å². The fourth-order valence-electron chi connectivity index (χ4n) is 4.58. The lowest BCUT2D eigenvalue weighted by Gasteiger charge is -2.35. The van der Waals surface area contributed by atoms with Crippen LogP contribution in [0, 0.1) is 0 Å². The van der Waals surface area contributed by atoms with E-state index in [1.165, 1.54) is 0 Å². The van der Waals surface area contributed by atoms with Crippen molar-refractivity contribution in [2.45, 2.75) is 25.4 Å². The van der Waals surface area contributed by atoms with Crippen LogP contribution >= 0.6 is 11.6 Å². The predicted molar refractivity (Wildman–Crippen MR) is 120 cm³/mol. The van der Waals surface area contributed by atoms with Gasteiger partial charge in [0.15, 0.2) is 0 Å². The maximum Gasteiger partial charge on any atom is 0.262 e. The summed E-state index contributed by atoms with van der Waals surface area (Å²) in [6, 6.07) is 9.88. The number of rotatable bonds is 4. The van der Waals surface area contributed by atoms with Crippen LogP contribution in [0.2, 0.25) is 5.15 Å². The van der Waals surface area contributed by atoms with Gasteiger partial charge in [-0.2, -0.15) is 0 Å². The fourth-order valence-corrected chi connectivity index (χ4v) is 4.74. The number of carbonyl (C=O) groups excluding carboxylic acids is 4. The second kappa shape index (κ2) is 8.57. The zero-order valence-electron chi connectivity index (χ0n) is 17.8. The lowest BCUT2D eigenvalue weighted by molar-refractivity contribution is -0.136. The summed E-state index contributed by atoms with van der Waals surface area (Å²) in [5.41, 5.74) is 1.53. The number of aromatic nitrogens is 1. The first-order valence-electron chi connectivity index (χ1n) is 10.8. The van der Waals surface area contributed by atoms with Crippen molar-refractivity contribution in [3.05, 3.63) is 58.2 Å². The van der Waals surface area contributed by atoms with Crippen LogP contribution in [0.1, 0.15) is 39.1 Å². The maximum atomic E-state index is 13.0. The minimum Gasteiger partial charge on any atom is -0.354 e. The molecule has 3 aliphatic heterocycles. The standard InChI is InChI=1S/C23H22ClN5O4/c24-18-2-1-3-19(25-18)28-10-8-27(9-11-28)13-14-4-5-15-16(12-14)23(33)29(22(15)32)17-6-7-20(30)26-21(17)31/h1-5,12,17H,6-11,13H2,(H,26,30,31).